The molecule has 1 amide bonds. The van der Waals surface area contributed by atoms with Gasteiger partial charge in [-0.15, -0.1) is 0 Å². The molecule has 1 rings (SSSR count). The Bertz CT molecular complexity index is 409. The van der Waals surface area contributed by atoms with Crippen molar-refractivity contribution in [3.05, 3.63) is 28.5 Å². The van der Waals surface area contributed by atoms with Crippen molar-refractivity contribution in [3.63, 3.8) is 0 Å². The molecule has 0 fully saturated rings. The minimum Gasteiger partial charge on any atom is -0.327 e. The molecule has 1 unspecified atom stereocenters. The van der Waals surface area contributed by atoms with Gasteiger partial charge in [0.25, 0.3) is 0 Å². The second-order valence-electron chi connectivity index (χ2n) is 4.28. The molecule has 0 saturated carbocycles. The number of amides is 1. The standard InChI is InChI=1S/C12H16BrFN2O/c1-7(2)10(15)6-12(17)16-11-5-8(14)3-4-9(11)13/h3-5,7,10H,6,15H2,1-2H3,(H,16,17). The number of carbonyl (C=O) groups is 1. The van der Waals surface area contributed by atoms with Crippen LogP contribution >= 0.6 is 15.9 Å². The average molecular weight is 303 g/mol. The minimum absolute atomic E-state index is 0.192. The zero-order chi connectivity index (χ0) is 13.0. The molecule has 3 N–H and O–H groups in total. The second kappa shape index (κ2) is 6.12. The zero-order valence-electron chi connectivity index (χ0n) is 9.84. The smallest absolute Gasteiger partial charge is 0.225 e. The van der Waals surface area contributed by atoms with Crippen molar-refractivity contribution in [1.82, 2.24) is 0 Å². The zero-order valence-corrected chi connectivity index (χ0v) is 11.4. The van der Waals surface area contributed by atoms with Gasteiger partial charge >= 0.3 is 0 Å². The molecule has 17 heavy (non-hydrogen) atoms. The van der Waals surface area contributed by atoms with E-state index in [-0.39, 0.29) is 24.3 Å². The van der Waals surface area contributed by atoms with E-state index in [9.17, 15) is 9.18 Å². The van der Waals surface area contributed by atoms with Crippen molar-refractivity contribution >= 4 is 27.5 Å². The highest BCUT2D eigenvalue weighted by atomic mass is 79.9. The van der Waals surface area contributed by atoms with Gasteiger partial charge in [0.1, 0.15) is 5.82 Å². The van der Waals surface area contributed by atoms with Crippen LogP contribution in [0.5, 0.6) is 0 Å². The normalized spacial score (nSPS) is 12.6. The number of nitrogens with one attached hydrogen (secondary N) is 1. The van der Waals surface area contributed by atoms with E-state index < -0.39 is 5.82 Å². The molecule has 94 valence electrons. The summed E-state index contributed by atoms with van der Waals surface area (Å²) in [6.45, 7) is 3.91. The molecule has 1 aromatic carbocycles. The van der Waals surface area contributed by atoms with Crippen LogP contribution in [0.3, 0.4) is 0 Å². The minimum atomic E-state index is -0.392. The van der Waals surface area contributed by atoms with Gasteiger partial charge < -0.3 is 11.1 Å². The lowest BCUT2D eigenvalue weighted by atomic mass is 10.0. The third kappa shape index (κ3) is 4.44. The molecule has 5 heteroatoms. The highest BCUT2D eigenvalue weighted by Crippen LogP contribution is 2.23. The SMILES string of the molecule is CC(C)C(N)CC(=O)Nc1cc(F)ccc1Br. The maximum absolute atomic E-state index is 13.0. The third-order valence-corrected chi connectivity index (χ3v) is 3.17. The lowest BCUT2D eigenvalue weighted by Gasteiger charge is -2.15. The van der Waals surface area contributed by atoms with Crippen LogP contribution in [0.4, 0.5) is 10.1 Å². The quantitative estimate of drug-likeness (QED) is 0.898. The molecular weight excluding hydrogens is 287 g/mol. The predicted molar refractivity (Wildman–Crippen MR) is 70.2 cm³/mol. The Labute approximate surface area is 109 Å². The monoisotopic (exact) mass is 302 g/mol. The van der Waals surface area contributed by atoms with Crippen LogP contribution in [0, 0.1) is 11.7 Å². The highest BCUT2D eigenvalue weighted by Gasteiger charge is 2.14. The molecule has 0 aromatic heterocycles. The van der Waals surface area contributed by atoms with Gasteiger partial charge in [0.2, 0.25) is 5.91 Å². The van der Waals surface area contributed by atoms with Crippen LogP contribution in [-0.4, -0.2) is 11.9 Å². The molecule has 0 heterocycles. The van der Waals surface area contributed by atoms with E-state index in [1.54, 1.807) is 6.07 Å². The topological polar surface area (TPSA) is 55.1 Å². The summed E-state index contributed by atoms with van der Waals surface area (Å²) in [6.07, 6.45) is 0.223. The molecule has 3 nitrogen and oxygen atoms in total. The molecule has 0 aliphatic rings. The average Bonchev–Trinajstić information content (AvgIpc) is 2.23. The summed E-state index contributed by atoms with van der Waals surface area (Å²) < 4.78 is 13.6. The Morgan fingerprint density at radius 1 is 1.53 bits per heavy atom. The van der Waals surface area contributed by atoms with E-state index in [2.05, 4.69) is 21.2 Å². The lowest BCUT2D eigenvalue weighted by Crippen LogP contribution is -2.31. The Morgan fingerprint density at radius 3 is 2.76 bits per heavy atom. The molecule has 0 saturated heterocycles. The molecule has 0 bridgehead atoms. The first kappa shape index (κ1) is 14.1. The maximum atomic E-state index is 13.0. The summed E-state index contributed by atoms with van der Waals surface area (Å²) in [5.41, 5.74) is 6.21. The van der Waals surface area contributed by atoms with Crippen molar-refractivity contribution in [2.75, 3.05) is 5.32 Å². The van der Waals surface area contributed by atoms with Crippen LogP contribution in [-0.2, 0) is 4.79 Å². The molecule has 0 spiro atoms. The van der Waals surface area contributed by atoms with Crippen molar-refractivity contribution in [2.45, 2.75) is 26.3 Å². The van der Waals surface area contributed by atoms with Gasteiger partial charge in [0, 0.05) is 16.9 Å². The van der Waals surface area contributed by atoms with Crippen LogP contribution in [0.1, 0.15) is 20.3 Å². The van der Waals surface area contributed by atoms with E-state index in [0.29, 0.717) is 10.2 Å². The highest BCUT2D eigenvalue weighted by molar-refractivity contribution is 9.10. The van der Waals surface area contributed by atoms with E-state index >= 15 is 0 Å². The fourth-order valence-electron chi connectivity index (χ4n) is 1.24. The van der Waals surface area contributed by atoms with Gasteiger partial charge in [-0.1, -0.05) is 13.8 Å². The summed E-state index contributed by atoms with van der Waals surface area (Å²) in [5.74, 6) is -0.370. The number of halogens is 2. The summed E-state index contributed by atoms with van der Waals surface area (Å²) >= 11 is 3.24. The first-order valence-electron chi connectivity index (χ1n) is 5.40. The molecule has 1 aromatic rings. The van der Waals surface area contributed by atoms with Crippen LogP contribution in [0.2, 0.25) is 0 Å². The van der Waals surface area contributed by atoms with Gasteiger partial charge in [-0.3, -0.25) is 4.79 Å². The molecule has 1 atom stereocenters. The number of anilines is 1. The van der Waals surface area contributed by atoms with Crippen molar-refractivity contribution in [2.24, 2.45) is 11.7 Å². The Hall–Kier alpha value is -0.940. The fourth-order valence-corrected chi connectivity index (χ4v) is 1.59. The van der Waals surface area contributed by atoms with E-state index in [4.69, 9.17) is 5.73 Å². The Balaban J connectivity index is 2.65. The number of hydrogen-bond acceptors (Lipinski definition) is 2. The predicted octanol–water partition coefficient (Wildman–Crippen LogP) is 2.90. The van der Waals surface area contributed by atoms with Gasteiger partial charge in [-0.05, 0) is 40.0 Å². The number of hydrogen-bond donors (Lipinski definition) is 2. The summed E-state index contributed by atoms with van der Waals surface area (Å²) in [4.78, 5) is 11.7. The second-order valence-corrected chi connectivity index (χ2v) is 5.14. The molecule has 0 radical (unpaired) electrons. The molecular formula is C12H16BrFN2O. The number of benzene rings is 1. The number of nitrogens with two attached hydrogens (primary N) is 1. The van der Waals surface area contributed by atoms with Gasteiger partial charge in [-0.2, -0.15) is 0 Å². The van der Waals surface area contributed by atoms with E-state index in [0.717, 1.165) is 0 Å². The van der Waals surface area contributed by atoms with Crippen LogP contribution in [0.15, 0.2) is 22.7 Å². The van der Waals surface area contributed by atoms with Gasteiger partial charge in [-0.25, -0.2) is 4.39 Å². The Kier molecular flexibility index (Phi) is 5.08. The fraction of sp³-hybridized carbons (Fsp3) is 0.417. The first-order valence-corrected chi connectivity index (χ1v) is 6.20. The van der Waals surface area contributed by atoms with Crippen LogP contribution < -0.4 is 11.1 Å². The number of rotatable bonds is 4. The largest absolute Gasteiger partial charge is 0.327 e. The van der Waals surface area contributed by atoms with Crippen molar-refractivity contribution < 1.29 is 9.18 Å². The third-order valence-electron chi connectivity index (χ3n) is 2.48. The molecule has 0 aliphatic heterocycles. The first-order chi connectivity index (χ1) is 7.90. The van der Waals surface area contributed by atoms with Gasteiger partial charge in [0.15, 0.2) is 0 Å². The summed E-state index contributed by atoms with van der Waals surface area (Å²) in [5, 5.41) is 2.63. The molecule has 0 aliphatic carbocycles. The van der Waals surface area contributed by atoms with Crippen molar-refractivity contribution in [3.8, 4) is 0 Å². The van der Waals surface area contributed by atoms with Crippen LogP contribution in [0.25, 0.3) is 0 Å². The summed E-state index contributed by atoms with van der Waals surface area (Å²) in [7, 11) is 0. The maximum Gasteiger partial charge on any atom is 0.225 e. The lowest BCUT2D eigenvalue weighted by molar-refractivity contribution is -0.116. The van der Waals surface area contributed by atoms with Crippen molar-refractivity contribution in [1.29, 1.82) is 0 Å². The van der Waals surface area contributed by atoms with Gasteiger partial charge in [0.05, 0.1) is 5.69 Å². The number of carbonyl (C=O) groups excluding carboxylic acids is 1. The summed E-state index contributed by atoms with van der Waals surface area (Å²) in [6, 6.07) is 3.94. The van der Waals surface area contributed by atoms with E-state index in [1.165, 1.54) is 12.1 Å². The Morgan fingerprint density at radius 2 is 2.18 bits per heavy atom. The van der Waals surface area contributed by atoms with E-state index in [1.807, 2.05) is 13.8 Å².